The van der Waals surface area contributed by atoms with Crippen molar-refractivity contribution in [1.82, 2.24) is 15.5 Å². The lowest BCUT2D eigenvalue weighted by atomic mass is 10.2. The van der Waals surface area contributed by atoms with E-state index in [1.165, 1.54) is 0 Å². The predicted molar refractivity (Wildman–Crippen MR) is 72.0 cm³/mol. The molecule has 100 valence electrons. The van der Waals surface area contributed by atoms with Crippen molar-refractivity contribution in [1.29, 1.82) is 0 Å². The van der Waals surface area contributed by atoms with E-state index in [2.05, 4.69) is 22.4 Å². The summed E-state index contributed by atoms with van der Waals surface area (Å²) < 4.78 is 5.32. The summed E-state index contributed by atoms with van der Waals surface area (Å²) in [6, 6.07) is 6.97. The average molecular weight is 280 g/mol. The minimum Gasteiger partial charge on any atom is -0.412 e. The summed E-state index contributed by atoms with van der Waals surface area (Å²) >= 11 is 5.79. The zero-order chi connectivity index (χ0) is 13.7. The van der Waals surface area contributed by atoms with Crippen LogP contribution in [0.2, 0.25) is 5.02 Å². The summed E-state index contributed by atoms with van der Waals surface area (Å²) in [7, 11) is 0. The van der Waals surface area contributed by atoms with Gasteiger partial charge in [0.1, 0.15) is 0 Å². The van der Waals surface area contributed by atoms with Crippen molar-refractivity contribution in [2.75, 3.05) is 6.54 Å². The number of aromatic nitrogens is 2. The van der Waals surface area contributed by atoms with Crippen LogP contribution in [0.4, 0.5) is 0 Å². The maximum absolute atomic E-state index is 11.7. The number of hydrogen-bond donors (Lipinski definition) is 1. The second-order valence-corrected chi connectivity index (χ2v) is 4.47. The number of hydrogen-bond acceptors (Lipinski definition) is 4. The molecule has 1 N–H and O–H groups in total. The highest BCUT2D eigenvalue weighted by Gasteiger charge is 2.15. The molecule has 0 aliphatic carbocycles. The monoisotopic (exact) mass is 279 g/mol. The van der Waals surface area contributed by atoms with Crippen LogP contribution >= 0.6 is 11.6 Å². The summed E-state index contributed by atoms with van der Waals surface area (Å²) in [5, 5.41) is 10.9. The lowest BCUT2D eigenvalue weighted by Gasteiger charge is -1.99. The Balaban J connectivity index is 2.06. The molecule has 1 aromatic heterocycles. The normalized spacial score (nSPS) is 10.4. The number of rotatable bonds is 5. The Bertz CT molecular complexity index is 551. The van der Waals surface area contributed by atoms with Crippen molar-refractivity contribution in [3.05, 3.63) is 35.2 Å². The molecule has 6 heteroatoms. The van der Waals surface area contributed by atoms with Gasteiger partial charge in [0.2, 0.25) is 5.89 Å². The van der Waals surface area contributed by atoms with Crippen molar-refractivity contribution in [3.63, 3.8) is 0 Å². The highest BCUT2D eigenvalue weighted by Crippen LogP contribution is 2.20. The van der Waals surface area contributed by atoms with E-state index in [1.54, 1.807) is 24.3 Å². The van der Waals surface area contributed by atoms with Gasteiger partial charge in [0, 0.05) is 17.1 Å². The zero-order valence-corrected chi connectivity index (χ0v) is 11.3. The zero-order valence-electron chi connectivity index (χ0n) is 10.5. The first-order valence-electron chi connectivity index (χ1n) is 6.08. The predicted octanol–water partition coefficient (Wildman–Crippen LogP) is 2.92. The SMILES string of the molecule is CCCCNC(=O)c1nnc(-c2ccc(Cl)cc2)o1. The number of benzene rings is 1. The molecule has 0 bridgehead atoms. The molecule has 5 nitrogen and oxygen atoms in total. The minimum absolute atomic E-state index is 0.0268. The molecule has 1 heterocycles. The molecule has 0 saturated carbocycles. The van der Waals surface area contributed by atoms with E-state index in [-0.39, 0.29) is 11.8 Å². The van der Waals surface area contributed by atoms with Gasteiger partial charge in [-0.25, -0.2) is 0 Å². The van der Waals surface area contributed by atoms with Crippen LogP contribution in [0.1, 0.15) is 30.5 Å². The second-order valence-electron chi connectivity index (χ2n) is 4.03. The van der Waals surface area contributed by atoms with Crippen LogP contribution < -0.4 is 5.32 Å². The molecule has 0 radical (unpaired) electrons. The van der Waals surface area contributed by atoms with E-state index in [1.807, 2.05) is 0 Å². The van der Waals surface area contributed by atoms with Crippen LogP contribution in [0.5, 0.6) is 0 Å². The van der Waals surface area contributed by atoms with Crippen LogP contribution in [0.15, 0.2) is 28.7 Å². The molecular formula is C13H14ClN3O2. The molecule has 2 rings (SSSR count). The summed E-state index contributed by atoms with van der Waals surface area (Å²) in [6.45, 7) is 2.66. The van der Waals surface area contributed by atoms with Crippen molar-refractivity contribution >= 4 is 17.5 Å². The van der Waals surface area contributed by atoms with Crippen LogP contribution in [0.25, 0.3) is 11.5 Å². The molecule has 0 spiro atoms. The van der Waals surface area contributed by atoms with Gasteiger partial charge in [0.05, 0.1) is 0 Å². The van der Waals surface area contributed by atoms with E-state index in [0.29, 0.717) is 17.5 Å². The summed E-state index contributed by atoms with van der Waals surface area (Å²) in [5.41, 5.74) is 0.726. The van der Waals surface area contributed by atoms with Crippen molar-refractivity contribution in [2.45, 2.75) is 19.8 Å². The third-order valence-electron chi connectivity index (χ3n) is 2.53. The van der Waals surface area contributed by atoms with Crippen molar-refractivity contribution in [3.8, 4) is 11.5 Å². The topological polar surface area (TPSA) is 68.0 Å². The highest BCUT2D eigenvalue weighted by atomic mass is 35.5. The maximum atomic E-state index is 11.7. The number of carbonyl (C=O) groups excluding carboxylic acids is 1. The number of nitrogens with zero attached hydrogens (tertiary/aromatic N) is 2. The fourth-order valence-corrected chi connectivity index (χ4v) is 1.60. The number of nitrogens with one attached hydrogen (secondary N) is 1. The second kappa shape index (κ2) is 6.33. The van der Waals surface area contributed by atoms with Crippen molar-refractivity contribution < 1.29 is 9.21 Å². The van der Waals surface area contributed by atoms with Gasteiger partial charge < -0.3 is 9.73 Å². The molecule has 0 unspecified atom stereocenters. The van der Waals surface area contributed by atoms with Gasteiger partial charge in [-0.2, -0.15) is 0 Å². The lowest BCUT2D eigenvalue weighted by molar-refractivity contribution is 0.0919. The van der Waals surface area contributed by atoms with Crippen molar-refractivity contribution in [2.24, 2.45) is 0 Å². The van der Waals surface area contributed by atoms with Gasteiger partial charge in [-0.3, -0.25) is 4.79 Å². The Morgan fingerprint density at radius 2 is 2.05 bits per heavy atom. The molecule has 0 aliphatic rings. The van der Waals surface area contributed by atoms with Gasteiger partial charge in [-0.1, -0.05) is 24.9 Å². The third-order valence-corrected chi connectivity index (χ3v) is 2.78. The molecule has 1 amide bonds. The van der Waals surface area contributed by atoms with E-state index in [0.717, 1.165) is 18.4 Å². The molecule has 0 saturated heterocycles. The van der Waals surface area contributed by atoms with E-state index < -0.39 is 0 Å². The molecule has 0 fully saturated rings. The van der Waals surface area contributed by atoms with Crippen LogP contribution in [0.3, 0.4) is 0 Å². The fraction of sp³-hybridized carbons (Fsp3) is 0.308. The standard InChI is InChI=1S/C13H14ClN3O2/c1-2-3-8-15-11(18)13-17-16-12(19-13)9-4-6-10(14)7-5-9/h4-7H,2-3,8H2,1H3,(H,15,18). The van der Waals surface area contributed by atoms with Gasteiger partial charge >= 0.3 is 11.8 Å². The van der Waals surface area contributed by atoms with E-state index in [9.17, 15) is 4.79 Å². The quantitative estimate of drug-likeness (QED) is 0.855. The molecule has 0 atom stereocenters. The van der Waals surface area contributed by atoms with Gasteiger partial charge in [0.15, 0.2) is 0 Å². The molecule has 2 aromatic rings. The largest absolute Gasteiger partial charge is 0.412 e. The number of unbranched alkanes of at least 4 members (excludes halogenated alkanes) is 1. The van der Waals surface area contributed by atoms with Gasteiger partial charge in [0.25, 0.3) is 0 Å². The molecule has 0 aliphatic heterocycles. The average Bonchev–Trinajstić information content (AvgIpc) is 2.89. The Morgan fingerprint density at radius 3 is 2.74 bits per heavy atom. The number of amides is 1. The minimum atomic E-state index is -0.346. The Hall–Kier alpha value is -1.88. The number of halogens is 1. The summed E-state index contributed by atoms with van der Waals surface area (Å²) in [4.78, 5) is 11.7. The van der Waals surface area contributed by atoms with Gasteiger partial charge in [-0.15, -0.1) is 10.2 Å². The first kappa shape index (κ1) is 13.5. The first-order chi connectivity index (χ1) is 9.20. The Kier molecular flexibility index (Phi) is 4.52. The maximum Gasteiger partial charge on any atom is 0.308 e. The van der Waals surface area contributed by atoms with Crippen LogP contribution in [-0.4, -0.2) is 22.6 Å². The lowest BCUT2D eigenvalue weighted by Crippen LogP contribution is -2.24. The summed E-state index contributed by atoms with van der Waals surface area (Å²) in [6.07, 6.45) is 1.93. The third kappa shape index (κ3) is 3.54. The Morgan fingerprint density at radius 1 is 1.32 bits per heavy atom. The molecule has 19 heavy (non-hydrogen) atoms. The first-order valence-corrected chi connectivity index (χ1v) is 6.46. The smallest absolute Gasteiger partial charge is 0.308 e. The van der Waals surface area contributed by atoms with Crippen LogP contribution in [-0.2, 0) is 0 Å². The van der Waals surface area contributed by atoms with E-state index in [4.69, 9.17) is 16.0 Å². The van der Waals surface area contributed by atoms with Crippen LogP contribution in [0, 0.1) is 0 Å². The number of carbonyl (C=O) groups is 1. The van der Waals surface area contributed by atoms with Gasteiger partial charge in [-0.05, 0) is 30.7 Å². The van der Waals surface area contributed by atoms with E-state index >= 15 is 0 Å². The molecular weight excluding hydrogens is 266 g/mol. The summed E-state index contributed by atoms with van der Waals surface area (Å²) in [5.74, 6) is -0.0699. The molecule has 1 aromatic carbocycles. The highest BCUT2D eigenvalue weighted by molar-refractivity contribution is 6.30. The fourth-order valence-electron chi connectivity index (χ4n) is 1.48. The Labute approximate surface area is 116 Å².